The Labute approximate surface area is 186 Å². The third-order valence-corrected chi connectivity index (χ3v) is 6.26. The molecule has 0 atom stereocenters. The third kappa shape index (κ3) is 3.41. The molecular formula is C22H30N2O8. The van der Waals surface area contributed by atoms with E-state index in [1.54, 1.807) is 27.7 Å². The van der Waals surface area contributed by atoms with E-state index in [0.717, 1.165) is 0 Å². The van der Waals surface area contributed by atoms with Crippen LogP contribution in [0.3, 0.4) is 0 Å². The van der Waals surface area contributed by atoms with Gasteiger partial charge in [0.2, 0.25) is 0 Å². The van der Waals surface area contributed by atoms with Crippen LogP contribution in [-0.2, 0) is 38.1 Å². The predicted molar refractivity (Wildman–Crippen MR) is 111 cm³/mol. The summed E-state index contributed by atoms with van der Waals surface area (Å²) in [5.74, 6) is -2.18. The van der Waals surface area contributed by atoms with Crippen molar-refractivity contribution in [2.75, 3.05) is 26.4 Å². The number of rotatable bonds is 8. The van der Waals surface area contributed by atoms with Crippen molar-refractivity contribution in [2.45, 2.75) is 52.6 Å². The Morgan fingerprint density at radius 3 is 1.38 bits per heavy atom. The van der Waals surface area contributed by atoms with Crippen molar-refractivity contribution >= 4 is 23.9 Å². The lowest BCUT2D eigenvalue weighted by Gasteiger charge is -2.67. The van der Waals surface area contributed by atoms with Crippen LogP contribution in [0.2, 0.25) is 0 Å². The van der Waals surface area contributed by atoms with Gasteiger partial charge in [-0.15, -0.1) is 0 Å². The van der Waals surface area contributed by atoms with Gasteiger partial charge in [-0.2, -0.15) is 0 Å². The van der Waals surface area contributed by atoms with Crippen LogP contribution in [0.25, 0.3) is 0 Å². The quantitative estimate of drug-likeness (QED) is 0.403. The van der Waals surface area contributed by atoms with Crippen molar-refractivity contribution in [1.29, 1.82) is 0 Å². The summed E-state index contributed by atoms with van der Waals surface area (Å²) in [6.45, 7) is 7.40. The van der Waals surface area contributed by atoms with E-state index >= 15 is 0 Å². The van der Waals surface area contributed by atoms with Crippen LogP contribution in [0, 0.1) is 10.8 Å². The van der Waals surface area contributed by atoms with Gasteiger partial charge in [-0.1, -0.05) is 0 Å². The van der Waals surface area contributed by atoms with E-state index in [1.807, 2.05) is 0 Å². The largest absolute Gasteiger partial charge is 0.465 e. The molecule has 32 heavy (non-hydrogen) atoms. The zero-order chi connectivity index (χ0) is 23.5. The fraction of sp³-hybridized carbons (Fsp3) is 0.636. The summed E-state index contributed by atoms with van der Waals surface area (Å²) in [7, 11) is 0. The molecule has 10 nitrogen and oxygen atoms in total. The summed E-state index contributed by atoms with van der Waals surface area (Å²) < 4.78 is 21.0. The topological polar surface area (TPSA) is 129 Å². The Hall–Kier alpha value is -3.04. The highest BCUT2D eigenvalue weighted by Crippen LogP contribution is 2.63. The molecule has 10 heteroatoms. The summed E-state index contributed by atoms with van der Waals surface area (Å²) in [5, 5.41) is 6.15. The first-order valence-electron chi connectivity index (χ1n) is 10.9. The van der Waals surface area contributed by atoms with E-state index in [1.165, 1.54) is 12.4 Å². The van der Waals surface area contributed by atoms with Crippen LogP contribution < -0.4 is 10.6 Å². The van der Waals surface area contributed by atoms with Crippen LogP contribution in [-0.4, -0.2) is 62.4 Å². The van der Waals surface area contributed by atoms with Crippen molar-refractivity contribution in [3.63, 3.8) is 0 Å². The maximum absolute atomic E-state index is 13.3. The summed E-state index contributed by atoms with van der Waals surface area (Å²) in [6.07, 6.45) is 2.98. The molecule has 2 heterocycles. The number of ether oxygens (including phenoxy) is 4. The van der Waals surface area contributed by atoms with E-state index in [4.69, 9.17) is 18.9 Å². The number of esters is 4. The number of fused-ring (bicyclic) bond motifs is 4. The molecule has 3 rings (SSSR count). The zero-order valence-corrected chi connectivity index (χ0v) is 18.8. The normalized spacial score (nSPS) is 29.9. The molecule has 0 saturated heterocycles. The summed E-state index contributed by atoms with van der Waals surface area (Å²) in [5.41, 5.74) is -1.99. The third-order valence-electron chi connectivity index (χ3n) is 6.26. The molecule has 0 amide bonds. The Morgan fingerprint density at radius 1 is 0.719 bits per heavy atom. The highest BCUT2D eigenvalue weighted by Gasteiger charge is 2.80. The molecule has 176 valence electrons. The van der Waals surface area contributed by atoms with Crippen molar-refractivity contribution in [2.24, 2.45) is 10.8 Å². The van der Waals surface area contributed by atoms with Gasteiger partial charge in [0.05, 0.1) is 49.7 Å². The standard InChI is InChI=1S/C22H30N2O8/c1-5-29-15(25)13-9-21(19(27)31-7-3)17(23-11-13)22(20(28)32-8-4)10-14(12-24-18(21)22)16(26)30-6-2/h11-12,17-18,23-24H,5-10H2,1-4H3. The molecular weight excluding hydrogens is 420 g/mol. The van der Waals surface area contributed by atoms with Gasteiger partial charge in [-0.25, -0.2) is 9.59 Å². The molecule has 2 N–H and O–H groups in total. The smallest absolute Gasteiger partial charge is 0.335 e. The number of carbonyl (C=O) groups excluding carboxylic acids is 4. The minimum atomic E-state index is -1.27. The van der Waals surface area contributed by atoms with Crippen molar-refractivity contribution < 1.29 is 38.1 Å². The first-order chi connectivity index (χ1) is 15.3. The van der Waals surface area contributed by atoms with Crippen LogP contribution in [0.15, 0.2) is 23.5 Å². The molecule has 1 aliphatic carbocycles. The number of nitrogens with one attached hydrogen (secondary N) is 2. The number of hydrogen-bond acceptors (Lipinski definition) is 10. The van der Waals surface area contributed by atoms with E-state index in [-0.39, 0.29) is 50.4 Å². The van der Waals surface area contributed by atoms with Gasteiger partial charge in [0.25, 0.3) is 0 Å². The lowest BCUT2D eigenvalue weighted by molar-refractivity contribution is -0.207. The number of carbonyl (C=O) groups is 4. The maximum atomic E-state index is 13.3. The Morgan fingerprint density at radius 2 is 1.06 bits per heavy atom. The van der Waals surface area contributed by atoms with Gasteiger partial charge in [0.15, 0.2) is 0 Å². The van der Waals surface area contributed by atoms with Crippen molar-refractivity contribution in [3.8, 4) is 0 Å². The fourth-order valence-electron chi connectivity index (χ4n) is 5.12. The maximum Gasteiger partial charge on any atom is 0.335 e. The molecule has 0 radical (unpaired) electrons. The first-order valence-corrected chi connectivity index (χ1v) is 10.9. The average molecular weight is 450 g/mol. The monoisotopic (exact) mass is 450 g/mol. The highest BCUT2D eigenvalue weighted by molar-refractivity contribution is 5.97. The van der Waals surface area contributed by atoms with Gasteiger partial charge < -0.3 is 29.6 Å². The van der Waals surface area contributed by atoms with Crippen LogP contribution in [0.1, 0.15) is 40.5 Å². The molecule has 0 spiro atoms. The number of hydrogen-bond donors (Lipinski definition) is 2. The van der Waals surface area contributed by atoms with Crippen LogP contribution in [0.5, 0.6) is 0 Å². The van der Waals surface area contributed by atoms with Gasteiger partial charge in [-0.05, 0) is 27.7 Å². The lowest BCUT2D eigenvalue weighted by Crippen LogP contribution is -2.85. The summed E-state index contributed by atoms with van der Waals surface area (Å²) in [4.78, 5) is 51.4. The summed E-state index contributed by atoms with van der Waals surface area (Å²) >= 11 is 0. The molecule has 0 aromatic carbocycles. The second-order valence-corrected chi connectivity index (χ2v) is 7.85. The van der Waals surface area contributed by atoms with E-state index < -0.39 is 46.8 Å². The molecule has 1 saturated carbocycles. The molecule has 1 fully saturated rings. The second-order valence-electron chi connectivity index (χ2n) is 7.85. The van der Waals surface area contributed by atoms with E-state index in [2.05, 4.69) is 10.6 Å². The molecule has 0 bridgehead atoms. The van der Waals surface area contributed by atoms with E-state index in [0.29, 0.717) is 0 Å². The SMILES string of the molecule is CCOC(=O)C1=CNC2C(C(=O)OCC)(C1)C1NC=C(C(=O)OCC)CC21C(=O)OCC. The van der Waals surface area contributed by atoms with Gasteiger partial charge in [0.1, 0.15) is 10.8 Å². The van der Waals surface area contributed by atoms with Crippen LogP contribution in [0.4, 0.5) is 0 Å². The molecule has 0 unspecified atom stereocenters. The molecule has 3 aliphatic rings. The van der Waals surface area contributed by atoms with Gasteiger partial charge in [0, 0.05) is 25.2 Å². The Balaban J connectivity index is 2.07. The lowest BCUT2D eigenvalue weighted by atomic mass is 9.40. The average Bonchev–Trinajstić information content (AvgIpc) is 2.77. The minimum Gasteiger partial charge on any atom is -0.465 e. The fourth-order valence-corrected chi connectivity index (χ4v) is 5.12. The molecule has 2 aliphatic heterocycles. The van der Waals surface area contributed by atoms with Crippen molar-refractivity contribution in [3.05, 3.63) is 23.5 Å². The first kappa shape index (κ1) is 23.6. The van der Waals surface area contributed by atoms with Crippen molar-refractivity contribution in [1.82, 2.24) is 10.6 Å². The van der Waals surface area contributed by atoms with Gasteiger partial charge >= 0.3 is 23.9 Å². The highest BCUT2D eigenvalue weighted by atomic mass is 16.5. The van der Waals surface area contributed by atoms with Crippen LogP contribution >= 0.6 is 0 Å². The Bertz CT molecular complexity index is 784. The zero-order valence-electron chi connectivity index (χ0n) is 18.8. The molecule has 0 aromatic heterocycles. The second kappa shape index (κ2) is 9.22. The minimum absolute atomic E-state index is 0.0176. The predicted octanol–water partition coefficient (Wildman–Crippen LogP) is 0.717. The Kier molecular flexibility index (Phi) is 6.80. The summed E-state index contributed by atoms with van der Waals surface area (Å²) in [6, 6.07) is -1.52. The molecule has 0 aromatic rings. The van der Waals surface area contributed by atoms with Gasteiger partial charge in [-0.3, -0.25) is 9.59 Å². The van der Waals surface area contributed by atoms with E-state index in [9.17, 15) is 19.2 Å².